The van der Waals surface area contributed by atoms with Crippen molar-refractivity contribution >= 4 is 0 Å². The van der Waals surface area contributed by atoms with E-state index in [9.17, 15) is 8.78 Å². The summed E-state index contributed by atoms with van der Waals surface area (Å²) in [5.74, 6) is -0.821. The van der Waals surface area contributed by atoms with Crippen LogP contribution in [0.2, 0.25) is 0 Å². The average Bonchev–Trinajstić information content (AvgIpc) is 3.12. The summed E-state index contributed by atoms with van der Waals surface area (Å²) in [5.41, 5.74) is 8.46. The van der Waals surface area contributed by atoms with E-state index in [4.69, 9.17) is 10.5 Å². The lowest BCUT2D eigenvalue weighted by Gasteiger charge is -2.33. The van der Waals surface area contributed by atoms with Gasteiger partial charge in [-0.25, -0.2) is 8.78 Å². The Morgan fingerprint density at radius 3 is 2.43 bits per heavy atom. The van der Waals surface area contributed by atoms with Gasteiger partial charge in [0.1, 0.15) is 11.6 Å². The van der Waals surface area contributed by atoms with Gasteiger partial charge in [0.25, 0.3) is 0 Å². The van der Waals surface area contributed by atoms with Crippen molar-refractivity contribution < 1.29 is 13.5 Å². The van der Waals surface area contributed by atoms with Crippen LogP contribution in [-0.4, -0.2) is 40.4 Å². The second-order valence-electron chi connectivity index (χ2n) is 5.90. The number of aromatic nitrogens is 2. The number of ether oxygens (including phenoxy) is 1. The lowest BCUT2D eigenvalue weighted by molar-refractivity contribution is 0.00510. The van der Waals surface area contributed by atoms with E-state index < -0.39 is 11.6 Å². The number of benzene rings is 1. The van der Waals surface area contributed by atoms with Crippen molar-refractivity contribution in [2.75, 3.05) is 13.2 Å². The van der Waals surface area contributed by atoms with Gasteiger partial charge in [0, 0.05) is 30.7 Å². The number of nitrogens with one attached hydrogen (secondary N) is 1. The largest absolute Gasteiger partial charge is 0.378 e. The predicted octanol–water partition coefficient (Wildman–Crippen LogP) is 1.81. The maximum Gasteiger partial charge on any atom is 0.123 e. The van der Waals surface area contributed by atoms with Gasteiger partial charge >= 0.3 is 0 Å². The standard InChI is InChI=1S/C10H16N4O.C6H4F2/c11-8-1-9(6-15-5-8)14-3-7-2-12-13-10(7)4-14;7-5-1-2-6(8)4-3-5/h2,8-9H,1,3-6,11H2,(H,12,13);1-4H. The third kappa shape index (κ3) is 4.13. The van der Waals surface area contributed by atoms with E-state index in [1.165, 1.54) is 11.3 Å². The summed E-state index contributed by atoms with van der Waals surface area (Å²) in [5, 5.41) is 7.06. The summed E-state index contributed by atoms with van der Waals surface area (Å²) in [6, 6.07) is 4.98. The summed E-state index contributed by atoms with van der Waals surface area (Å²) >= 11 is 0. The summed E-state index contributed by atoms with van der Waals surface area (Å²) in [6.45, 7) is 3.45. The Balaban J connectivity index is 0.000000166. The first-order chi connectivity index (χ1) is 11.1. The van der Waals surface area contributed by atoms with Gasteiger partial charge in [0.15, 0.2) is 0 Å². The molecule has 0 amide bonds. The van der Waals surface area contributed by atoms with E-state index in [1.807, 2.05) is 6.20 Å². The molecule has 2 aliphatic rings. The van der Waals surface area contributed by atoms with Gasteiger partial charge in [-0.2, -0.15) is 5.10 Å². The Labute approximate surface area is 133 Å². The van der Waals surface area contributed by atoms with Gasteiger partial charge in [-0.15, -0.1) is 0 Å². The Bertz CT molecular complexity index is 590. The SMILES string of the molecule is Fc1ccc(F)cc1.NC1COCC(N2Cc3cn[nH]c3C2)C1. The molecule has 2 unspecified atom stereocenters. The Morgan fingerprint density at radius 2 is 1.83 bits per heavy atom. The number of hydrogen-bond acceptors (Lipinski definition) is 4. The predicted molar refractivity (Wildman–Crippen MR) is 81.4 cm³/mol. The molecule has 124 valence electrons. The fourth-order valence-corrected chi connectivity index (χ4v) is 2.87. The molecule has 7 heteroatoms. The van der Waals surface area contributed by atoms with Crippen LogP contribution in [0.3, 0.4) is 0 Å². The van der Waals surface area contributed by atoms with Crippen molar-refractivity contribution in [1.29, 1.82) is 0 Å². The van der Waals surface area contributed by atoms with Crippen molar-refractivity contribution in [2.24, 2.45) is 5.73 Å². The first kappa shape index (κ1) is 16.0. The summed E-state index contributed by atoms with van der Waals surface area (Å²) in [6.07, 6.45) is 2.96. The lowest BCUT2D eigenvalue weighted by atomic mass is 10.1. The Morgan fingerprint density at radius 1 is 1.13 bits per heavy atom. The molecule has 4 rings (SSSR count). The molecular weight excluding hydrogens is 302 g/mol. The average molecular weight is 322 g/mol. The van der Waals surface area contributed by atoms with Crippen molar-refractivity contribution in [3.63, 3.8) is 0 Å². The van der Waals surface area contributed by atoms with E-state index in [-0.39, 0.29) is 6.04 Å². The highest BCUT2D eigenvalue weighted by Crippen LogP contribution is 2.25. The molecule has 3 heterocycles. The van der Waals surface area contributed by atoms with Crippen LogP contribution >= 0.6 is 0 Å². The van der Waals surface area contributed by atoms with Crippen molar-refractivity contribution in [3.8, 4) is 0 Å². The maximum atomic E-state index is 11.9. The van der Waals surface area contributed by atoms with Crippen molar-refractivity contribution in [3.05, 3.63) is 53.4 Å². The van der Waals surface area contributed by atoms with Crippen LogP contribution in [0.15, 0.2) is 30.5 Å². The van der Waals surface area contributed by atoms with Gasteiger partial charge in [-0.3, -0.25) is 10.00 Å². The minimum absolute atomic E-state index is 0.195. The number of nitrogens with zero attached hydrogens (tertiary/aromatic N) is 2. The summed E-state index contributed by atoms with van der Waals surface area (Å²) < 4.78 is 29.3. The van der Waals surface area contributed by atoms with Crippen molar-refractivity contribution in [1.82, 2.24) is 15.1 Å². The van der Waals surface area contributed by atoms with E-state index in [0.29, 0.717) is 12.6 Å². The van der Waals surface area contributed by atoms with E-state index in [1.54, 1.807) is 0 Å². The van der Waals surface area contributed by atoms with Crippen LogP contribution in [0.5, 0.6) is 0 Å². The molecule has 3 N–H and O–H groups in total. The first-order valence-corrected chi connectivity index (χ1v) is 7.61. The molecule has 1 aromatic heterocycles. The molecule has 0 aliphatic carbocycles. The molecule has 2 aromatic rings. The quantitative estimate of drug-likeness (QED) is 0.840. The molecule has 0 spiro atoms. The molecule has 0 saturated carbocycles. The number of hydrogen-bond donors (Lipinski definition) is 2. The number of nitrogens with two attached hydrogens (primary N) is 1. The molecular formula is C16H20F2N4O. The zero-order valence-corrected chi connectivity index (χ0v) is 12.7. The third-order valence-electron chi connectivity index (χ3n) is 4.08. The van der Waals surface area contributed by atoms with Crippen LogP contribution in [0.1, 0.15) is 17.7 Å². The fourth-order valence-electron chi connectivity index (χ4n) is 2.87. The van der Waals surface area contributed by atoms with E-state index >= 15 is 0 Å². The maximum absolute atomic E-state index is 11.9. The molecule has 23 heavy (non-hydrogen) atoms. The van der Waals surface area contributed by atoms with Gasteiger partial charge in [-0.1, -0.05) is 0 Å². The zero-order chi connectivity index (χ0) is 16.2. The molecule has 0 radical (unpaired) electrons. The Kier molecular flexibility index (Phi) is 5.00. The van der Waals surface area contributed by atoms with E-state index in [0.717, 1.165) is 50.4 Å². The zero-order valence-electron chi connectivity index (χ0n) is 12.7. The molecule has 5 nitrogen and oxygen atoms in total. The van der Waals surface area contributed by atoms with Gasteiger partial charge in [-0.05, 0) is 30.7 Å². The molecule has 2 atom stereocenters. The van der Waals surface area contributed by atoms with Crippen LogP contribution < -0.4 is 5.73 Å². The highest BCUT2D eigenvalue weighted by atomic mass is 19.1. The number of aromatic amines is 1. The molecule has 1 saturated heterocycles. The smallest absolute Gasteiger partial charge is 0.123 e. The van der Waals surface area contributed by atoms with Gasteiger partial charge in [0.2, 0.25) is 0 Å². The fraction of sp³-hybridized carbons (Fsp3) is 0.438. The minimum atomic E-state index is -0.411. The highest BCUT2D eigenvalue weighted by Gasteiger charge is 2.30. The minimum Gasteiger partial charge on any atom is -0.378 e. The number of rotatable bonds is 1. The molecule has 2 aliphatic heterocycles. The lowest BCUT2D eigenvalue weighted by Crippen LogP contribution is -2.46. The monoisotopic (exact) mass is 322 g/mol. The number of H-pyrrole nitrogens is 1. The molecule has 0 bridgehead atoms. The van der Waals surface area contributed by atoms with Gasteiger partial charge < -0.3 is 10.5 Å². The Hall–Kier alpha value is -1.83. The highest BCUT2D eigenvalue weighted by molar-refractivity contribution is 5.20. The van der Waals surface area contributed by atoms with Crippen molar-refractivity contribution in [2.45, 2.75) is 31.6 Å². The van der Waals surface area contributed by atoms with E-state index in [2.05, 4.69) is 15.1 Å². The summed E-state index contributed by atoms with van der Waals surface area (Å²) in [4.78, 5) is 2.42. The summed E-state index contributed by atoms with van der Waals surface area (Å²) in [7, 11) is 0. The topological polar surface area (TPSA) is 67.2 Å². The first-order valence-electron chi connectivity index (χ1n) is 7.61. The van der Waals surface area contributed by atoms with Gasteiger partial charge in [0.05, 0.1) is 25.1 Å². The molecule has 1 aromatic carbocycles. The normalized spacial score (nSPS) is 24.0. The number of halogens is 2. The molecule has 1 fully saturated rings. The second-order valence-corrected chi connectivity index (χ2v) is 5.90. The van der Waals surface area contributed by atoms with Crippen LogP contribution in [-0.2, 0) is 17.8 Å². The number of fused-ring (bicyclic) bond motifs is 1. The van der Waals surface area contributed by atoms with Crippen LogP contribution in [0, 0.1) is 11.6 Å². The van der Waals surface area contributed by atoms with Crippen LogP contribution in [0.25, 0.3) is 0 Å². The third-order valence-corrected chi connectivity index (χ3v) is 4.08. The van der Waals surface area contributed by atoms with Crippen LogP contribution in [0.4, 0.5) is 8.78 Å². The second kappa shape index (κ2) is 7.16.